The van der Waals surface area contributed by atoms with Crippen LogP contribution in [0.2, 0.25) is 0 Å². The van der Waals surface area contributed by atoms with Gasteiger partial charge in [0.05, 0.1) is 5.56 Å². The number of halogens is 2. The van der Waals surface area contributed by atoms with Crippen LogP contribution in [-0.4, -0.2) is 47.8 Å². The van der Waals surface area contributed by atoms with Gasteiger partial charge in [0.1, 0.15) is 5.82 Å². The summed E-state index contributed by atoms with van der Waals surface area (Å²) in [5.41, 5.74) is 0.451. The highest BCUT2D eigenvalue weighted by Crippen LogP contribution is 2.20. The Morgan fingerprint density at radius 3 is 2.52 bits per heavy atom. The highest BCUT2D eigenvalue weighted by atomic mass is 79.9. The van der Waals surface area contributed by atoms with Crippen molar-refractivity contribution in [2.75, 3.05) is 26.2 Å². The first-order chi connectivity index (χ1) is 10.0. The lowest BCUT2D eigenvalue weighted by atomic mass is 10.2. The minimum absolute atomic E-state index is 0.118. The van der Waals surface area contributed by atoms with E-state index in [-0.39, 0.29) is 17.6 Å². The first-order valence-electron chi connectivity index (χ1n) is 7.05. The van der Waals surface area contributed by atoms with Gasteiger partial charge in [-0.05, 0) is 40.5 Å². The first-order valence-corrected chi connectivity index (χ1v) is 7.84. The molecular formula is C15H18BrFN2O2. The molecule has 1 heterocycles. The molecular weight excluding hydrogens is 339 g/mol. The fraction of sp³-hybridized carbons (Fsp3) is 0.467. The molecule has 0 radical (unpaired) electrons. The van der Waals surface area contributed by atoms with Gasteiger partial charge in [0.15, 0.2) is 0 Å². The summed E-state index contributed by atoms with van der Waals surface area (Å²) >= 11 is 3.23. The Bertz CT molecular complexity index is 550. The molecule has 114 valence electrons. The summed E-state index contributed by atoms with van der Waals surface area (Å²) in [6.45, 7) is 4.19. The molecule has 1 aromatic carbocycles. The summed E-state index contributed by atoms with van der Waals surface area (Å²) in [5.74, 6) is -0.394. The number of carbonyl (C=O) groups is 2. The molecule has 1 aromatic rings. The largest absolute Gasteiger partial charge is 0.341 e. The van der Waals surface area contributed by atoms with Crippen LogP contribution < -0.4 is 0 Å². The zero-order valence-electron chi connectivity index (χ0n) is 11.9. The van der Waals surface area contributed by atoms with Gasteiger partial charge in [-0.2, -0.15) is 0 Å². The normalized spacial score (nSPS) is 15.8. The number of hydrogen-bond donors (Lipinski definition) is 0. The second kappa shape index (κ2) is 7.02. The van der Waals surface area contributed by atoms with Crippen LogP contribution in [0.4, 0.5) is 4.39 Å². The Kier molecular flexibility index (Phi) is 5.33. The smallest absolute Gasteiger partial charge is 0.255 e. The van der Waals surface area contributed by atoms with E-state index in [0.29, 0.717) is 42.6 Å². The summed E-state index contributed by atoms with van der Waals surface area (Å²) in [5, 5.41) is 0. The monoisotopic (exact) mass is 356 g/mol. The van der Waals surface area contributed by atoms with Crippen molar-refractivity contribution >= 4 is 27.7 Å². The van der Waals surface area contributed by atoms with Crippen molar-refractivity contribution in [1.82, 2.24) is 9.80 Å². The minimum Gasteiger partial charge on any atom is -0.341 e. The molecule has 2 rings (SSSR count). The maximum Gasteiger partial charge on any atom is 0.255 e. The van der Waals surface area contributed by atoms with Crippen LogP contribution in [0.25, 0.3) is 0 Å². The molecule has 21 heavy (non-hydrogen) atoms. The van der Waals surface area contributed by atoms with Crippen molar-refractivity contribution in [2.24, 2.45) is 0 Å². The van der Waals surface area contributed by atoms with Gasteiger partial charge < -0.3 is 9.80 Å². The third-order valence-corrected chi connectivity index (χ3v) is 4.26. The average molecular weight is 357 g/mol. The lowest BCUT2D eigenvalue weighted by Gasteiger charge is -2.22. The van der Waals surface area contributed by atoms with E-state index in [1.54, 1.807) is 9.80 Å². The summed E-state index contributed by atoms with van der Waals surface area (Å²) in [6, 6.07) is 4.06. The molecule has 1 saturated heterocycles. The Hall–Kier alpha value is -1.43. The van der Waals surface area contributed by atoms with Crippen molar-refractivity contribution in [3.05, 3.63) is 34.1 Å². The van der Waals surface area contributed by atoms with E-state index in [0.717, 1.165) is 6.42 Å². The lowest BCUT2D eigenvalue weighted by molar-refractivity contribution is -0.130. The third-order valence-electron chi connectivity index (χ3n) is 3.60. The van der Waals surface area contributed by atoms with Gasteiger partial charge in [-0.3, -0.25) is 9.59 Å². The molecule has 0 aliphatic carbocycles. The topological polar surface area (TPSA) is 40.6 Å². The highest BCUT2D eigenvalue weighted by molar-refractivity contribution is 9.10. The highest BCUT2D eigenvalue weighted by Gasteiger charge is 2.23. The summed E-state index contributed by atoms with van der Waals surface area (Å²) in [4.78, 5) is 27.8. The fourth-order valence-corrected chi connectivity index (χ4v) is 2.95. The summed E-state index contributed by atoms with van der Waals surface area (Å²) in [6.07, 6.45) is 1.24. The average Bonchev–Trinajstić information content (AvgIpc) is 2.71. The van der Waals surface area contributed by atoms with Crippen molar-refractivity contribution in [2.45, 2.75) is 19.8 Å². The van der Waals surface area contributed by atoms with Crippen LogP contribution >= 0.6 is 15.9 Å². The Labute approximate surface area is 132 Å². The molecule has 0 spiro atoms. The van der Waals surface area contributed by atoms with Crippen LogP contribution in [0, 0.1) is 5.82 Å². The van der Waals surface area contributed by atoms with E-state index in [1.807, 2.05) is 6.92 Å². The molecule has 0 unspecified atom stereocenters. The predicted molar refractivity (Wildman–Crippen MR) is 81.5 cm³/mol. The quantitative estimate of drug-likeness (QED) is 0.817. The molecule has 0 aromatic heterocycles. The van der Waals surface area contributed by atoms with Gasteiger partial charge >= 0.3 is 0 Å². The van der Waals surface area contributed by atoms with Crippen molar-refractivity contribution < 1.29 is 14.0 Å². The molecule has 1 aliphatic heterocycles. The zero-order valence-corrected chi connectivity index (χ0v) is 13.5. The van der Waals surface area contributed by atoms with Gasteiger partial charge in [-0.25, -0.2) is 4.39 Å². The van der Waals surface area contributed by atoms with Gasteiger partial charge in [-0.1, -0.05) is 6.92 Å². The van der Waals surface area contributed by atoms with E-state index < -0.39 is 0 Å². The maximum atomic E-state index is 13.1. The van der Waals surface area contributed by atoms with E-state index in [1.165, 1.54) is 18.2 Å². The van der Waals surface area contributed by atoms with Crippen LogP contribution in [0.3, 0.4) is 0 Å². The number of amides is 2. The number of rotatable bonds is 2. The number of benzene rings is 1. The van der Waals surface area contributed by atoms with Gasteiger partial charge in [-0.15, -0.1) is 0 Å². The Balaban J connectivity index is 2.08. The number of carbonyl (C=O) groups excluding carboxylic acids is 2. The molecule has 0 bridgehead atoms. The Morgan fingerprint density at radius 2 is 1.86 bits per heavy atom. The number of hydrogen-bond acceptors (Lipinski definition) is 2. The SMILES string of the molecule is CCC(=O)N1CCCN(C(=O)c2ccc(F)cc2Br)CC1. The van der Waals surface area contributed by atoms with E-state index in [4.69, 9.17) is 0 Å². The minimum atomic E-state index is -0.381. The lowest BCUT2D eigenvalue weighted by Crippen LogP contribution is -2.37. The van der Waals surface area contributed by atoms with Gasteiger partial charge in [0.2, 0.25) is 5.91 Å². The summed E-state index contributed by atoms with van der Waals surface area (Å²) in [7, 11) is 0. The zero-order chi connectivity index (χ0) is 15.4. The van der Waals surface area contributed by atoms with Crippen LogP contribution in [0.1, 0.15) is 30.1 Å². The van der Waals surface area contributed by atoms with Crippen molar-refractivity contribution in [3.63, 3.8) is 0 Å². The number of nitrogens with zero attached hydrogens (tertiary/aromatic N) is 2. The molecule has 0 saturated carbocycles. The maximum absolute atomic E-state index is 13.1. The fourth-order valence-electron chi connectivity index (χ4n) is 2.43. The van der Waals surface area contributed by atoms with Crippen LogP contribution in [0.15, 0.2) is 22.7 Å². The van der Waals surface area contributed by atoms with Gasteiger partial charge in [0, 0.05) is 37.1 Å². The first kappa shape index (κ1) is 15.9. The molecule has 0 atom stereocenters. The van der Waals surface area contributed by atoms with Crippen molar-refractivity contribution in [1.29, 1.82) is 0 Å². The molecule has 6 heteroatoms. The van der Waals surface area contributed by atoms with E-state index in [2.05, 4.69) is 15.9 Å². The van der Waals surface area contributed by atoms with Crippen LogP contribution in [0.5, 0.6) is 0 Å². The molecule has 2 amide bonds. The van der Waals surface area contributed by atoms with Gasteiger partial charge in [0.25, 0.3) is 5.91 Å². The Morgan fingerprint density at radius 1 is 1.19 bits per heavy atom. The molecule has 4 nitrogen and oxygen atoms in total. The predicted octanol–water partition coefficient (Wildman–Crippen LogP) is 2.67. The van der Waals surface area contributed by atoms with E-state index >= 15 is 0 Å². The third kappa shape index (κ3) is 3.81. The molecule has 1 fully saturated rings. The second-order valence-corrected chi connectivity index (χ2v) is 5.86. The van der Waals surface area contributed by atoms with Crippen molar-refractivity contribution in [3.8, 4) is 0 Å². The van der Waals surface area contributed by atoms with E-state index in [9.17, 15) is 14.0 Å². The molecule has 0 N–H and O–H groups in total. The molecule has 1 aliphatic rings. The second-order valence-electron chi connectivity index (χ2n) is 5.00. The summed E-state index contributed by atoms with van der Waals surface area (Å²) < 4.78 is 13.6. The standard InChI is InChI=1S/C15H18BrFN2O2/c1-2-14(20)18-6-3-7-19(9-8-18)15(21)12-5-4-11(17)10-13(12)16/h4-5,10H,2-3,6-9H2,1H3. The van der Waals surface area contributed by atoms with Crippen LogP contribution in [-0.2, 0) is 4.79 Å².